The maximum atomic E-state index is 12.6. The Balaban J connectivity index is 0.000000216. The number of carboxylic acid groups (broad SMARTS) is 1. The van der Waals surface area contributed by atoms with Gasteiger partial charge in [0.1, 0.15) is 53.4 Å². The molecule has 0 spiro atoms. The van der Waals surface area contributed by atoms with E-state index in [1.807, 2.05) is 117 Å². The Morgan fingerprint density at radius 2 is 0.776 bits per heavy atom. The molecule has 0 atom stereocenters. The Morgan fingerprint density at radius 3 is 1.12 bits per heavy atom. The summed E-state index contributed by atoms with van der Waals surface area (Å²) < 4.78 is 178. The topological polar surface area (TPSA) is 222 Å². The number of ether oxygens (including phenoxy) is 7. The molecule has 0 unspecified atom stereocenters. The lowest BCUT2D eigenvalue weighted by Gasteiger charge is -2.33. The van der Waals surface area contributed by atoms with Crippen molar-refractivity contribution in [1.29, 1.82) is 0 Å². The molecule has 0 bridgehead atoms. The summed E-state index contributed by atoms with van der Waals surface area (Å²) in [4.78, 5) is 48.9. The Labute approximate surface area is 625 Å². The van der Waals surface area contributed by atoms with Crippen LogP contribution in [0.4, 0.5) is 116 Å². The molecule has 9 aromatic rings. The number of nitrogens with one attached hydrogen (secondary N) is 1. The molecule has 0 aliphatic carbocycles. The van der Waals surface area contributed by atoms with Crippen LogP contribution in [0.5, 0.6) is 23.0 Å². The molecule has 2 aromatic heterocycles. The molecule has 2 aliphatic rings. The van der Waals surface area contributed by atoms with Gasteiger partial charge in [-0.1, -0.05) is 54.6 Å². The van der Waals surface area contributed by atoms with E-state index in [-0.39, 0.29) is 72.1 Å². The second-order valence-electron chi connectivity index (χ2n) is 24.4. The van der Waals surface area contributed by atoms with Gasteiger partial charge in [-0.2, -0.15) is 0 Å². The van der Waals surface area contributed by atoms with Gasteiger partial charge >= 0.3 is 37.4 Å². The van der Waals surface area contributed by atoms with Crippen molar-refractivity contribution in [3.8, 4) is 23.0 Å². The number of benzene rings is 7. The first-order valence-electron chi connectivity index (χ1n) is 32.7. The minimum atomic E-state index is -4.77. The number of carbonyl (C=O) groups excluding carboxylic acids is 1. The molecule has 107 heavy (non-hydrogen) atoms. The van der Waals surface area contributed by atoms with Gasteiger partial charge in [-0.05, 0) is 192 Å². The van der Waals surface area contributed by atoms with Crippen molar-refractivity contribution in [3.05, 3.63) is 213 Å². The summed E-state index contributed by atoms with van der Waals surface area (Å²) in [5.74, 6) is 0.523. The zero-order valence-electron chi connectivity index (χ0n) is 57.6. The first-order chi connectivity index (χ1) is 50.2. The number of aromatic nitrogens is 4. The zero-order chi connectivity index (χ0) is 76.5. The quantitative estimate of drug-likeness (QED) is 0.0248. The van der Waals surface area contributed by atoms with Crippen LogP contribution in [0, 0.1) is 11.8 Å². The largest absolute Gasteiger partial charge is 0.573 e. The molecule has 4 N–H and O–H groups in total. The van der Waals surface area contributed by atoms with Crippen LogP contribution in [0.25, 0.3) is 0 Å². The van der Waals surface area contributed by atoms with Gasteiger partial charge in [-0.3, -0.25) is 19.8 Å². The molecule has 0 radical (unpaired) electrons. The SMILES string of the molecule is CC(C)(C)OC(=O)COCC1CCN(c2cncc(N(c3ccccc3)c3ccc(OC(F)(F)F)cc3)n2)CC1.FC(F)(F)Oc1ccc(Nc2ccccc2)cc1.I.Nc1ccc(OC(F)(F)F)cc1.O=C(O)COCC1CCN(c2cncc(N(c3ccccc3)c3ccc(OC(F)(F)F)cc3)n2)CC1. The van der Waals surface area contributed by atoms with E-state index in [9.17, 15) is 62.3 Å². The number of hydrogen-bond acceptors (Lipinski definition) is 19. The average molecular weight is 1620 g/mol. The number of piperidine rings is 2. The number of alkyl halides is 12. The molecule has 4 heterocycles. The average Bonchev–Trinajstić information content (AvgIpc) is 0.803. The van der Waals surface area contributed by atoms with Gasteiger partial charge in [0.2, 0.25) is 0 Å². The van der Waals surface area contributed by atoms with Crippen LogP contribution in [0.15, 0.2) is 213 Å². The van der Waals surface area contributed by atoms with Gasteiger partial charge in [0.15, 0.2) is 11.6 Å². The van der Waals surface area contributed by atoms with Crippen molar-refractivity contribution in [3.63, 3.8) is 0 Å². The van der Waals surface area contributed by atoms with E-state index in [1.54, 1.807) is 41.8 Å². The second-order valence-corrected chi connectivity index (χ2v) is 24.4. The molecule has 572 valence electrons. The van der Waals surface area contributed by atoms with Crippen molar-refractivity contribution < 1.29 is 101 Å². The van der Waals surface area contributed by atoms with Crippen LogP contribution in [0.2, 0.25) is 0 Å². The number of nitrogen functional groups attached to an aromatic ring is 1. The number of rotatable bonds is 22. The molecule has 2 fully saturated rings. The second kappa shape index (κ2) is 39.2. The summed E-state index contributed by atoms with van der Waals surface area (Å²) in [6.07, 6.45) is -8.86. The van der Waals surface area contributed by atoms with Crippen molar-refractivity contribution in [1.82, 2.24) is 19.9 Å². The first kappa shape index (κ1) is 83.7. The number of aliphatic carboxylic acids is 1. The van der Waals surface area contributed by atoms with Gasteiger partial charge in [-0.25, -0.2) is 19.6 Å². The summed E-state index contributed by atoms with van der Waals surface area (Å²) in [7, 11) is 0. The standard InChI is InChI=1S/C29H33F3N4O4.C25H25F3N4O4.C13H10F3NO.C7H6F3NO.HI/c1-28(2,3)40-27(37)20-38-19-21-13-15-35(16-14-21)25-17-33-18-26(34-25)36(22-7-5-4-6-8-22)23-9-11-24(12-10-23)39-29(30,31)32;26-25(27,28)36-21-8-6-20(7-9-21)32(19-4-2-1-3-5-19)23-15-29-14-22(30-23)31-12-10-18(11-13-31)16-35-17-24(33)34;14-13(15,16)18-12-8-6-11(7-9-12)17-10-4-2-1-3-5-10;8-7(9,10)12-6-3-1-5(11)2-4-6;/h4-12,17-18,21H,13-16,19-20H2,1-3H3;1-9,14-15,18H,10-13,16-17H2,(H,33,34);1-9,17H;1-4H,11H2;1H. The fourth-order valence-electron chi connectivity index (χ4n) is 10.5. The lowest BCUT2D eigenvalue weighted by atomic mass is 9.98. The predicted octanol–water partition coefficient (Wildman–Crippen LogP) is 18.7. The molecule has 2 saturated heterocycles. The number of halogens is 13. The molecule has 0 amide bonds. The van der Waals surface area contributed by atoms with E-state index in [0.717, 1.165) is 68.0 Å². The van der Waals surface area contributed by atoms with E-state index in [0.29, 0.717) is 78.2 Å². The van der Waals surface area contributed by atoms with Crippen molar-refractivity contribution in [2.75, 3.05) is 83.3 Å². The van der Waals surface area contributed by atoms with E-state index in [2.05, 4.69) is 44.0 Å². The van der Waals surface area contributed by atoms with E-state index >= 15 is 0 Å². The Morgan fingerprint density at radius 1 is 0.458 bits per heavy atom. The summed E-state index contributed by atoms with van der Waals surface area (Å²) >= 11 is 0. The minimum Gasteiger partial charge on any atom is -0.480 e. The lowest BCUT2D eigenvalue weighted by molar-refractivity contribution is -0.275. The van der Waals surface area contributed by atoms with E-state index in [1.165, 1.54) is 72.8 Å². The Bertz CT molecular complexity index is 4130. The summed E-state index contributed by atoms with van der Waals surface area (Å²) in [6, 6.07) is 49.8. The number of hydrogen-bond donors (Lipinski definition) is 3. The van der Waals surface area contributed by atoms with Crippen LogP contribution in [0.3, 0.4) is 0 Å². The molecular weight excluding hydrogens is 1540 g/mol. The van der Waals surface area contributed by atoms with Crippen LogP contribution < -0.4 is 49.6 Å². The summed E-state index contributed by atoms with van der Waals surface area (Å²) in [6.45, 7) is 8.90. The van der Waals surface area contributed by atoms with Crippen LogP contribution in [-0.4, -0.2) is 121 Å². The van der Waals surface area contributed by atoms with Gasteiger partial charge in [0.05, 0.1) is 38.0 Å². The molecule has 0 saturated carbocycles. The third kappa shape index (κ3) is 30.1. The van der Waals surface area contributed by atoms with E-state index in [4.69, 9.17) is 35.0 Å². The monoisotopic (exact) mass is 1620 g/mol. The molecule has 7 aromatic carbocycles. The van der Waals surface area contributed by atoms with Crippen LogP contribution in [-0.2, 0) is 23.8 Å². The van der Waals surface area contributed by atoms with Crippen LogP contribution in [0.1, 0.15) is 46.5 Å². The maximum Gasteiger partial charge on any atom is 0.573 e. The van der Waals surface area contributed by atoms with Crippen molar-refractivity contribution in [2.45, 2.75) is 77.5 Å². The number of anilines is 11. The summed E-state index contributed by atoms with van der Waals surface area (Å²) in [5, 5.41) is 11.8. The molecule has 2 aliphatic heterocycles. The number of esters is 1. The van der Waals surface area contributed by atoms with Crippen molar-refractivity contribution >= 4 is 99.0 Å². The number of carboxylic acids is 1. The lowest BCUT2D eigenvalue weighted by Crippen LogP contribution is -2.36. The highest BCUT2D eigenvalue weighted by molar-refractivity contribution is 14.0. The molecule has 33 heteroatoms. The van der Waals surface area contributed by atoms with Gasteiger partial charge in [-0.15, -0.1) is 76.7 Å². The fraction of sp³-hybridized carbons (Fsp3) is 0.297. The van der Waals surface area contributed by atoms with Gasteiger partial charge < -0.3 is 59.1 Å². The van der Waals surface area contributed by atoms with Crippen molar-refractivity contribution in [2.24, 2.45) is 11.8 Å². The van der Waals surface area contributed by atoms with Crippen LogP contribution >= 0.6 is 24.0 Å². The Kier molecular flexibility index (Phi) is 30.6. The molecule has 20 nitrogen and oxygen atoms in total. The number of nitrogens with zero attached hydrogens (tertiary/aromatic N) is 8. The zero-order valence-corrected chi connectivity index (χ0v) is 59.9. The number of nitrogens with two attached hydrogens (primary N) is 1. The fourth-order valence-corrected chi connectivity index (χ4v) is 10.5. The summed E-state index contributed by atoms with van der Waals surface area (Å²) in [5.41, 5.74) is 9.40. The predicted molar refractivity (Wildman–Crippen MR) is 388 cm³/mol. The van der Waals surface area contributed by atoms with Gasteiger partial charge in [0.25, 0.3) is 0 Å². The molecular formula is C74H75F12IN10O10. The third-order valence-corrected chi connectivity index (χ3v) is 15.1. The Hall–Kier alpha value is -10.6. The highest BCUT2D eigenvalue weighted by Crippen LogP contribution is 2.39. The number of para-hydroxylation sites is 3. The number of carbonyl (C=O) groups is 2. The highest BCUT2D eigenvalue weighted by Gasteiger charge is 2.34. The van der Waals surface area contributed by atoms with Gasteiger partial charge in [0, 0.05) is 66.0 Å². The minimum absolute atomic E-state index is 0. The molecule has 11 rings (SSSR count). The first-order valence-corrected chi connectivity index (χ1v) is 32.7. The smallest absolute Gasteiger partial charge is 0.480 e. The highest BCUT2D eigenvalue weighted by atomic mass is 127. The normalized spacial score (nSPS) is 13.4. The maximum absolute atomic E-state index is 12.6. The van der Waals surface area contributed by atoms with E-state index < -0.39 is 37.0 Å². The third-order valence-electron chi connectivity index (χ3n) is 15.1.